The van der Waals surface area contributed by atoms with Crippen molar-refractivity contribution in [3.63, 3.8) is 0 Å². The van der Waals surface area contributed by atoms with Crippen LogP contribution in [0.4, 0.5) is 13.6 Å². The number of benzene rings is 1. The molecule has 0 radical (unpaired) electrons. The van der Waals surface area contributed by atoms with Crippen LogP contribution < -0.4 is 10.1 Å². The fourth-order valence-corrected chi connectivity index (χ4v) is 1.96. The summed E-state index contributed by atoms with van der Waals surface area (Å²) in [6.07, 6.45) is 2.03. The topological polar surface area (TPSA) is 41.6 Å². The Labute approximate surface area is 130 Å². The Kier molecular flexibility index (Phi) is 7.63. The number of hydrogen-bond donors (Lipinski definition) is 1. The lowest BCUT2D eigenvalue weighted by molar-refractivity contribution is -0.0498. The maximum Gasteiger partial charge on any atom is 0.387 e. The van der Waals surface area contributed by atoms with Crippen LogP contribution in [0.25, 0.3) is 0 Å². The third kappa shape index (κ3) is 7.24. The van der Waals surface area contributed by atoms with Gasteiger partial charge in [0.1, 0.15) is 5.75 Å². The molecule has 6 heteroatoms. The average Bonchev–Trinajstić information content (AvgIpc) is 2.44. The highest BCUT2D eigenvalue weighted by Gasteiger charge is 2.09. The molecule has 0 bridgehead atoms. The highest BCUT2D eigenvalue weighted by molar-refractivity contribution is 5.73. The van der Waals surface area contributed by atoms with Crippen molar-refractivity contribution < 1.29 is 18.3 Å². The van der Waals surface area contributed by atoms with E-state index < -0.39 is 6.61 Å². The summed E-state index contributed by atoms with van der Waals surface area (Å²) in [6.45, 7) is 2.53. The fraction of sp³-hybridized carbons (Fsp3) is 0.562. The molecule has 0 spiro atoms. The molecule has 2 amide bonds. The fourth-order valence-electron chi connectivity index (χ4n) is 1.96. The van der Waals surface area contributed by atoms with Crippen molar-refractivity contribution in [2.45, 2.75) is 39.8 Å². The van der Waals surface area contributed by atoms with Gasteiger partial charge in [-0.2, -0.15) is 8.78 Å². The van der Waals surface area contributed by atoms with E-state index in [0.717, 1.165) is 18.4 Å². The maximum absolute atomic E-state index is 12.1. The van der Waals surface area contributed by atoms with Gasteiger partial charge in [-0.25, -0.2) is 4.79 Å². The highest BCUT2D eigenvalue weighted by atomic mass is 19.3. The molecule has 0 aromatic heterocycles. The van der Waals surface area contributed by atoms with E-state index in [-0.39, 0.29) is 11.8 Å². The normalized spacial score (nSPS) is 10.9. The van der Waals surface area contributed by atoms with Crippen molar-refractivity contribution >= 4 is 6.03 Å². The summed E-state index contributed by atoms with van der Waals surface area (Å²) < 4.78 is 28.4. The third-order valence-corrected chi connectivity index (χ3v) is 3.15. The van der Waals surface area contributed by atoms with Gasteiger partial charge < -0.3 is 15.0 Å². The van der Waals surface area contributed by atoms with Gasteiger partial charge in [0.25, 0.3) is 0 Å². The Morgan fingerprint density at radius 2 is 1.91 bits per heavy atom. The molecule has 0 atom stereocenters. The van der Waals surface area contributed by atoms with Crippen molar-refractivity contribution in [1.82, 2.24) is 10.2 Å². The smallest absolute Gasteiger partial charge is 0.387 e. The second-order valence-corrected chi connectivity index (χ2v) is 5.65. The van der Waals surface area contributed by atoms with E-state index in [1.54, 1.807) is 24.1 Å². The van der Waals surface area contributed by atoms with Gasteiger partial charge in [0, 0.05) is 20.1 Å². The zero-order valence-corrected chi connectivity index (χ0v) is 13.3. The number of urea groups is 1. The lowest BCUT2D eigenvalue weighted by Gasteiger charge is -2.18. The van der Waals surface area contributed by atoms with Crippen molar-refractivity contribution in [3.8, 4) is 5.75 Å². The molecule has 0 aliphatic rings. The minimum absolute atomic E-state index is 0.111. The van der Waals surface area contributed by atoms with E-state index in [9.17, 15) is 13.6 Å². The Balaban J connectivity index is 2.37. The summed E-state index contributed by atoms with van der Waals surface area (Å²) in [5.41, 5.74) is 0.849. The van der Waals surface area contributed by atoms with Crippen molar-refractivity contribution in [1.29, 1.82) is 0 Å². The van der Waals surface area contributed by atoms with Crippen LogP contribution in [-0.2, 0) is 6.54 Å². The van der Waals surface area contributed by atoms with Gasteiger partial charge in [-0.1, -0.05) is 26.0 Å². The summed E-state index contributed by atoms with van der Waals surface area (Å²) in [6, 6.07) is 6.13. The van der Waals surface area contributed by atoms with Gasteiger partial charge >= 0.3 is 12.6 Å². The van der Waals surface area contributed by atoms with Crippen LogP contribution in [0.3, 0.4) is 0 Å². The number of carbonyl (C=O) groups is 1. The standard InChI is InChI=1S/C16H24F2N2O2/c1-12(2)5-4-10-19-16(21)20(3)11-13-6-8-14(9-7-13)22-15(17)18/h6-9,12,15H,4-5,10-11H2,1-3H3,(H,19,21). The molecular formula is C16H24F2N2O2. The lowest BCUT2D eigenvalue weighted by atomic mass is 10.1. The van der Waals surface area contributed by atoms with Gasteiger partial charge in [-0.15, -0.1) is 0 Å². The molecule has 4 nitrogen and oxygen atoms in total. The first kappa shape index (κ1) is 18.2. The molecule has 0 aliphatic heterocycles. The van der Waals surface area contributed by atoms with Crippen LogP contribution in [0.2, 0.25) is 0 Å². The maximum atomic E-state index is 12.1. The second kappa shape index (κ2) is 9.23. The summed E-state index contributed by atoms with van der Waals surface area (Å²) in [5.74, 6) is 0.739. The molecule has 1 rings (SSSR count). The van der Waals surface area contributed by atoms with Crippen molar-refractivity contribution in [2.75, 3.05) is 13.6 Å². The Bertz CT molecular complexity index is 450. The Hall–Kier alpha value is -1.85. The van der Waals surface area contributed by atoms with Gasteiger partial charge in [0.15, 0.2) is 0 Å². The predicted molar refractivity (Wildman–Crippen MR) is 82.0 cm³/mol. The van der Waals surface area contributed by atoms with E-state index in [0.29, 0.717) is 19.0 Å². The number of halogens is 2. The van der Waals surface area contributed by atoms with Crippen LogP contribution in [0.1, 0.15) is 32.3 Å². The number of carbonyl (C=O) groups excluding carboxylic acids is 1. The quantitative estimate of drug-likeness (QED) is 0.740. The van der Waals surface area contributed by atoms with E-state index in [1.807, 2.05) is 0 Å². The summed E-state index contributed by atoms with van der Waals surface area (Å²) >= 11 is 0. The molecule has 1 aromatic rings. The van der Waals surface area contributed by atoms with E-state index >= 15 is 0 Å². The lowest BCUT2D eigenvalue weighted by Crippen LogP contribution is -2.37. The minimum Gasteiger partial charge on any atom is -0.435 e. The molecule has 0 aliphatic carbocycles. The zero-order chi connectivity index (χ0) is 16.5. The molecular weight excluding hydrogens is 290 g/mol. The minimum atomic E-state index is -2.83. The first-order valence-electron chi connectivity index (χ1n) is 7.41. The van der Waals surface area contributed by atoms with Crippen molar-refractivity contribution in [2.24, 2.45) is 5.92 Å². The molecule has 0 unspecified atom stereocenters. The monoisotopic (exact) mass is 314 g/mol. The number of nitrogens with one attached hydrogen (secondary N) is 1. The van der Waals surface area contributed by atoms with Gasteiger partial charge in [-0.3, -0.25) is 0 Å². The highest BCUT2D eigenvalue weighted by Crippen LogP contribution is 2.15. The zero-order valence-electron chi connectivity index (χ0n) is 13.3. The number of amides is 2. The first-order chi connectivity index (χ1) is 10.4. The summed E-state index contributed by atoms with van der Waals surface area (Å²) in [5, 5.41) is 2.86. The predicted octanol–water partition coefficient (Wildman–Crippen LogP) is 3.87. The molecule has 0 saturated carbocycles. The Morgan fingerprint density at radius 1 is 1.27 bits per heavy atom. The van der Waals surface area contributed by atoms with Crippen molar-refractivity contribution in [3.05, 3.63) is 29.8 Å². The summed E-state index contributed by atoms with van der Waals surface area (Å²) in [7, 11) is 1.70. The molecule has 1 aromatic carbocycles. The SMILES string of the molecule is CC(C)CCCNC(=O)N(C)Cc1ccc(OC(F)F)cc1. The molecule has 124 valence electrons. The first-order valence-corrected chi connectivity index (χ1v) is 7.41. The van der Waals surface area contributed by atoms with Gasteiger partial charge in [0.2, 0.25) is 0 Å². The number of nitrogens with zero attached hydrogens (tertiary/aromatic N) is 1. The largest absolute Gasteiger partial charge is 0.435 e. The van der Waals surface area contributed by atoms with E-state index in [4.69, 9.17) is 0 Å². The second-order valence-electron chi connectivity index (χ2n) is 5.65. The van der Waals surface area contributed by atoms with Crippen LogP contribution >= 0.6 is 0 Å². The number of alkyl halides is 2. The molecule has 1 N–H and O–H groups in total. The molecule has 0 saturated heterocycles. The van der Waals surface area contributed by atoms with Gasteiger partial charge in [-0.05, 0) is 36.5 Å². The molecule has 0 heterocycles. The van der Waals surface area contributed by atoms with Gasteiger partial charge in [0.05, 0.1) is 0 Å². The van der Waals surface area contributed by atoms with E-state index in [1.165, 1.54) is 12.1 Å². The van der Waals surface area contributed by atoms with Crippen LogP contribution in [0.15, 0.2) is 24.3 Å². The number of ether oxygens (including phenoxy) is 1. The molecule has 22 heavy (non-hydrogen) atoms. The van der Waals surface area contributed by atoms with Crippen LogP contribution in [0.5, 0.6) is 5.75 Å². The number of rotatable bonds is 8. The number of hydrogen-bond acceptors (Lipinski definition) is 2. The molecule has 0 fully saturated rings. The Morgan fingerprint density at radius 3 is 2.45 bits per heavy atom. The van der Waals surface area contributed by atoms with E-state index in [2.05, 4.69) is 23.9 Å². The third-order valence-electron chi connectivity index (χ3n) is 3.15. The average molecular weight is 314 g/mol. The summed E-state index contributed by atoms with van der Waals surface area (Å²) in [4.78, 5) is 13.4. The van der Waals surface area contributed by atoms with Crippen LogP contribution in [-0.4, -0.2) is 31.1 Å². The van der Waals surface area contributed by atoms with Crippen LogP contribution in [0, 0.1) is 5.92 Å².